The summed E-state index contributed by atoms with van der Waals surface area (Å²) in [5, 5.41) is 12.9. The van der Waals surface area contributed by atoms with Gasteiger partial charge >= 0.3 is 0 Å². The van der Waals surface area contributed by atoms with Crippen molar-refractivity contribution in [3.63, 3.8) is 0 Å². The highest BCUT2D eigenvalue weighted by atomic mass is 32.2. The van der Waals surface area contributed by atoms with Crippen LogP contribution in [-0.2, 0) is 0 Å². The number of amides is 1. The molecular formula is C18H19NO2S2. The molecular weight excluding hydrogens is 326 g/mol. The van der Waals surface area contributed by atoms with Crippen molar-refractivity contribution in [2.24, 2.45) is 0 Å². The molecule has 5 heteroatoms. The minimum absolute atomic E-state index is 0.154. The Morgan fingerprint density at radius 1 is 1.09 bits per heavy atom. The maximum absolute atomic E-state index is 12.2. The van der Waals surface area contributed by atoms with Crippen LogP contribution >= 0.6 is 23.5 Å². The van der Waals surface area contributed by atoms with Crippen molar-refractivity contribution < 1.29 is 9.90 Å². The van der Waals surface area contributed by atoms with Gasteiger partial charge in [-0.2, -0.15) is 0 Å². The minimum atomic E-state index is -0.689. The van der Waals surface area contributed by atoms with E-state index in [1.54, 1.807) is 0 Å². The van der Waals surface area contributed by atoms with Gasteiger partial charge in [0.25, 0.3) is 5.91 Å². The molecule has 2 aromatic rings. The molecule has 1 saturated heterocycles. The van der Waals surface area contributed by atoms with Gasteiger partial charge in [-0.25, -0.2) is 0 Å². The highest BCUT2D eigenvalue weighted by Gasteiger charge is 2.18. The normalized spacial score (nSPS) is 16.2. The molecule has 2 N–H and O–H groups in total. The van der Waals surface area contributed by atoms with E-state index in [0.717, 1.165) is 5.56 Å². The largest absolute Gasteiger partial charge is 0.387 e. The lowest BCUT2D eigenvalue weighted by atomic mass is 10.1. The standard InChI is InChI=1S/C18H19NO2S2/c20-16(13-4-2-1-3-5-13)12-19-17(21)14-6-8-15(9-7-14)18-22-10-11-23-18/h1-9,16,18,20H,10-12H2,(H,19,21). The third-order valence-corrected chi connectivity index (χ3v) is 6.81. The predicted octanol–water partition coefficient (Wildman–Crippen LogP) is 3.63. The molecule has 0 aromatic heterocycles. The van der Waals surface area contributed by atoms with E-state index in [2.05, 4.69) is 5.32 Å². The number of aliphatic hydroxyl groups excluding tert-OH is 1. The molecule has 1 unspecified atom stereocenters. The first-order valence-electron chi connectivity index (χ1n) is 7.58. The number of carbonyl (C=O) groups excluding carboxylic acids is 1. The summed E-state index contributed by atoms with van der Waals surface area (Å²) in [6.07, 6.45) is -0.689. The lowest BCUT2D eigenvalue weighted by molar-refractivity contribution is 0.0916. The average Bonchev–Trinajstić information content (AvgIpc) is 3.15. The van der Waals surface area contributed by atoms with Crippen LogP contribution in [0, 0.1) is 0 Å². The van der Waals surface area contributed by atoms with Crippen molar-refractivity contribution in [2.75, 3.05) is 18.1 Å². The van der Waals surface area contributed by atoms with E-state index in [-0.39, 0.29) is 12.5 Å². The number of carbonyl (C=O) groups is 1. The van der Waals surface area contributed by atoms with Crippen molar-refractivity contribution in [3.05, 3.63) is 71.3 Å². The van der Waals surface area contributed by atoms with Gasteiger partial charge in [0.2, 0.25) is 0 Å². The van der Waals surface area contributed by atoms with E-state index in [9.17, 15) is 9.90 Å². The number of aliphatic hydroxyl groups is 1. The van der Waals surface area contributed by atoms with Crippen LogP contribution in [0.25, 0.3) is 0 Å². The molecule has 3 nitrogen and oxygen atoms in total. The number of hydrogen-bond acceptors (Lipinski definition) is 4. The summed E-state index contributed by atoms with van der Waals surface area (Å²) in [5.74, 6) is 2.22. The zero-order valence-electron chi connectivity index (χ0n) is 12.6. The first kappa shape index (κ1) is 16.4. The van der Waals surface area contributed by atoms with Gasteiger partial charge in [0, 0.05) is 23.6 Å². The van der Waals surface area contributed by atoms with Gasteiger partial charge in [-0.05, 0) is 23.3 Å². The van der Waals surface area contributed by atoms with E-state index < -0.39 is 6.10 Å². The van der Waals surface area contributed by atoms with Gasteiger partial charge in [-0.15, -0.1) is 23.5 Å². The summed E-state index contributed by atoms with van der Waals surface area (Å²) in [4.78, 5) is 12.2. The number of hydrogen-bond donors (Lipinski definition) is 2. The SMILES string of the molecule is O=C(NCC(O)c1ccccc1)c1ccc(C2SCCS2)cc1. The zero-order valence-corrected chi connectivity index (χ0v) is 14.3. The molecule has 0 aliphatic carbocycles. The van der Waals surface area contributed by atoms with Crippen molar-refractivity contribution in [1.82, 2.24) is 5.32 Å². The van der Waals surface area contributed by atoms with Crippen LogP contribution in [-0.4, -0.2) is 29.1 Å². The Bertz CT molecular complexity index is 640. The van der Waals surface area contributed by atoms with Gasteiger partial charge in [0.05, 0.1) is 10.7 Å². The molecule has 1 amide bonds. The number of benzene rings is 2. The average molecular weight is 345 g/mol. The third kappa shape index (κ3) is 4.31. The molecule has 1 aliphatic heterocycles. The maximum atomic E-state index is 12.2. The van der Waals surface area contributed by atoms with Crippen LogP contribution in [0.3, 0.4) is 0 Å². The lowest BCUT2D eigenvalue weighted by Gasteiger charge is -2.13. The number of nitrogens with one attached hydrogen (secondary N) is 1. The Labute approximate surface area is 144 Å². The summed E-state index contributed by atoms with van der Waals surface area (Å²) in [6.45, 7) is 0.207. The van der Waals surface area contributed by atoms with Crippen molar-refractivity contribution >= 4 is 29.4 Å². The number of thioether (sulfide) groups is 2. The van der Waals surface area contributed by atoms with Gasteiger partial charge in [0.15, 0.2) is 0 Å². The lowest BCUT2D eigenvalue weighted by Crippen LogP contribution is -2.28. The second-order valence-corrected chi connectivity index (χ2v) is 8.06. The molecule has 1 fully saturated rings. The summed E-state index contributed by atoms with van der Waals surface area (Å²) >= 11 is 3.90. The fourth-order valence-electron chi connectivity index (χ4n) is 2.43. The number of rotatable bonds is 5. The zero-order chi connectivity index (χ0) is 16.1. The molecule has 0 radical (unpaired) electrons. The van der Waals surface area contributed by atoms with Crippen LogP contribution in [0.5, 0.6) is 0 Å². The van der Waals surface area contributed by atoms with E-state index in [0.29, 0.717) is 10.1 Å². The van der Waals surface area contributed by atoms with Gasteiger partial charge < -0.3 is 10.4 Å². The fourth-order valence-corrected chi connectivity index (χ4v) is 5.29. The molecule has 0 spiro atoms. The van der Waals surface area contributed by atoms with Crippen LogP contribution in [0.2, 0.25) is 0 Å². The van der Waals surface area contributed by atoms with Crippen LogP contribution < -0.4 is 5.32 Å². The second-order valence-electron chi connectivity index (χ2n) is 5.33. The highest BCUT2D eigenvalue weighted by Crippen LogP contribution is 2.45. The molecule has 0 saturated carbocycles. The molecule has 2 aromatic carbocycles. The molecule has 23 heavy (non-hydrogen) atoms. The Morgan fingerprint density at radius 3 is 2.39 bits per heavy atom. The van der Waals surface area contributed by atoms with E-state index in [4.69, 9.17) is 0 Å². The Morgan fingerprint density at radius 2 is 1.74 bits per heavy atom. The van der Waals surface area contributed by atoms with Crippen molar-refractivity contribution in [3.8, 4) is 0 Å². The summed E-state index contributed by atoms with van der Waals surface area (Å²) in [6, 6.07) is 17.1. The monoisotopic (exact) mass is 345 g/mol. The van der Waals surface area contributed by atoms with Gasteiger partial charge in [-0.3, -0.25) is 4.79 Å². The van der Waals surface area contributed by atoms with Crippen molar-refractivity contribution in [1.29, 1.82) is 0 Å². The quantitative estimate of drug-likeness (QED) is 0.869. The van der Waals surface area contributed by atoms with Crippen LogP contribution in [0.15, 0.2) is 54.6 Å². The molecule has 1 aliphatic rings. The van der Waals surface area contributed by atoms with E-state index in [1.165, 1.54) is 17.1 Å². The molecule has 120 valence electrons. The first-order chi connectivity index (χ1) is 11.2. The molecule has 0 bridgehead atoms. The smallest absolute Gasteiger partial charge is 0.251 e. The van der Waals surface area contributed by atoms with Crippen LogP contribution in [0.4, 0.5) is 0 Å². The van der Waals surface area contributed by atoms with Gasteiger partial charge in [-0.1, -0.05) is 42.5 Å². The fraction of sp³-hybridized carbons (Fsp3) is 0.278. The first-order valence-corrected chi connectivity index (χ1v) is 9.68. The Hall–Kier alpha value is -1.43. The highest BCUT2D eigenvalue weighted by molar-refractivity contribution is 8.19. The molecule has 1 atom stereocenters. The summed E-state index contributed by atoms with van der Waals surface area (Å²) in [7, 11) is 0. The second kappa shape index (κ2) is 7.90. The van der Waals surface area contributed by atoms with Crippen LogP contribution in [0.1, 0.15) is 32.2 Å². The Balaban J connectivity index is 1.55. The topological polar surface area (TPSA) is 49.3 Å². The van der Waals surface area contributed by atoms with E-state index >= 15 is 0 Å². The molecule has 3 rings (SSSR count). The molecule has 1 heterocycles. The van der Waals surface area contributed by atoms with Gasteiger partial charge in [0.1, 0.15) is 0 Å². The summed E-state index contributed by atoms with van der Waals surface area (Å²) < 4.78 is 0.493. The third-order valence-electron chi connectivity index (χ3n) is 3.71. The van der Waals surface area contributed by atoms with E-state index in [1.807, 2.05) is 78.1 Å². The maximum Gasteiger partial charge on any atom is 0.251 e. The predicted molar refractivity (Wildman–Crippen MR) is 97.8 cm³/mol. The minimum Gasteiger partial charge on any atom is -0.387 e. The Kier molecular flexibility index (Phi) is 5.65. The summed E-state index contributed by atoms with van der Waals surface area (Å²) in [5.41, 5.74) is 2.69. The van der Waals surface area contributed by atoms with Crippen molar-refractivity contribution in [2.45, 2.75) is 10.7 Å².